The molecule has 1 aromatic heterocycles. The first-order chi connectivity index (χ1) is 15.4. The molecule has 0 bridgehead atoms. The number of para-hydroxylation sites is 2. The number of sulfonamides is 1. The summed E-state index contributed by atoms with van der Waals surface area (Å²) in [6.45, 7) is 0.360. The maximum absolute atomic E-state index is 12.8. The molecular weight excluding hydrogens is 450 g/mol. The van der Waals surface area contributed by atoms with E-state index in [1.807, 2.05) is 5.38 Å². The van der Waals surface area contributed by atoms with Gasteiger partial charge >= 0.3 is 0 Å². The number of benzene rings is 2. The second-order valence-electron chi connectivity index (χ2n) is 6.75. The van der Waals surface area contributed by atoms with Crippen LogP contribution in [-0.2, 0) is 14.8 Å². The zero-order chi connectivity index (χ0) is 23.0. The van der Waals surface area contributed by atoms with Crippen molar-refractivity contribution in [2.45, 2.75) is 17.7 Å². The van der Waals surface area contributed by atoms with Crippen LogP contribution in [0.1, 0.15) is 23.2 Å². The Hall–Kier alpha value is -3.37. The van der Waals surface area contributed by atoms with Gasteiger partial charge in [0.1, 0.15) is 5.75 Å². The zero-order valence-electron chi connectivity index (χ0n) is 17.3. The molecule has 0 aliphatic carbocycles. The Kier molecular flexibility index (Phi) is 7.85. The number of anilines is 2. The summed E-state index contributed by atoms with van der Waals surface area (Å²) >= 11 is 1.44. The summed E-state index contributed by atoms with van der Waals surface area (Å²) in [5.41, 5.74) is 1.27. The molecule has 2 amide bonds. The highest BCUT2D eigenvalue weighted by molar-refractivity contribution is 7.92. The van der Waals surface area contributed by atoms with Crippen molar-refractivity contribution in [3.63, 3.8) is 0 Å². The Morgan fingerprint density at radius 3 is 2.62 bits per heavy atom. The lowest BCUT2D eigenvalue weighted by atomic mass is 10.2. The lowest BCUT2D eigenvalue weighted by Crippen LogP contribution is -2.25. The van der Waals surface area contributed by atoms with E-state index >= 15 is 0 Å². The molecular formula is C22H23N3O5S2. The van der Waals surface area contributed by atoms with Gasteiger partial charge in [0, 0.05) is 29.6 Å². The Labute approximate surface area is 190 Å². The van der Waals surface area contributed by atoms with E-state index in [1.54, 1.807) is 47.8 Å². The van der Waals surface area contributed by atoms with Crippen molar-refractivity contribution in [3.05, 3.63) is 70.9 Å². The van der Waals surface area contributed by atoms with Crippen LogP contribution in [0.4, 0.5) is 11.4 Å². The SMILES string of the molecule is COc1ccccc1NS(=O)(=O)c1cccc(NC(=O)CCCNC(=O)c2ccsc2)c1. The number of rotatable bonds is 10. The van der Waals surface area contributed by atoms with Crippen molar-refractivity contribution in [3.8, 4) is 5.75 Å². The van der Waals surface area contributed by atoms with Crippen LogP contribution in [0.15, 0.2) is 70.3 Å². The van der Waals surface area contributed by atoms with Gasteiger partial charge in [-0.25, -0.2) is 8.42 Å². The van der Waals surface area contributed by atoms with E-state index < -0.39 is 10.0 Å². The van der Waals surface area contributed by atoms with Crippen molar-refractivity contribution in [2.24, 2.45) is 0 Å². The van der Waals surface area contributed by atoms with E-state index in [0.29, 0.717) is 35.7 Å². The predicted molar refractivity (Wildman–Crippen MR) is 125 cm³/mol. The molecule has 0 radical (unpaired) electrons. The first-order valence-corrected chi connectivity index (χ1v) is 12.2. The van der Waals surface area contributed by atoms with E-state index in [1.165, 1.54) is 30.6 Å². The van der Waals surface area contributed by atoms with Crippen LogP contribution < -0.4 is 20.1 Å². The fraction of sp³-hybridized carbons (Fsp3) is 0.182. The number of methoxy groups -OCH3 is 1. The van der Waals surface area contributed by atoms with Gasteiger partial charge in [-0.3, -0.25) is 14.3 Å². The summed E-state index contributed by atoms with van der Waals surface area (Å²) in [5.74, 6) is -0.0549. The van der Waals surface area contributed by atoms with Gasteiger partial charge in [0.15, 0.2) is 0 Å². The van der Waals surface area contributed by atoms with Crippen molar-refractivity contribution >= 4 is 44.5 Å². The van der Waals surface area contributed by atoms with Gasteiger partial charge in [0.05, 0.1) is 17.7 Å². The van der Waals surface area contributed by atoms with E-state index in [2.05, 4.69) is 15.4 Å². The van der Waals surface area contributed by atoms with Gasteiger partial charge < -0.3 is 15.4 Å². The Morgan fingerprint density at radius 2 is 1.88 bits per heavy atom. The van der Waals surface area contributed by atoms with Gasteiger partial charge in [0.25, 0.3) is 15.9 Å². The summed E-state index contributed by atoms with van der Waals surface area (Å²) in [5, 5.41) is 9.02. The number of hydrogen-bond donors (Lipinski definition) is 3. The van der Waals surface area contributed by atoms with Crippen LogP contribution in [0, 0.1) is 0 Å². The van der Waals surface area contributed by atoms with Crippen molar-refractivity contribution < 1.29 is 22.7 Å². The summed E-state index contributed by atoms with van der Waals surface area (Å²) in [6.07, 6.45) is 0.634. The van der Waals surface area contributed by atoms with E-state index in [-0.39, 0.29) is 23.1 Å². The minimum absolute atomic E-state index is 0.00392. The van der Waals surface area contributed by atoms with Crippen LogP contribution in [0.5, 0.6) is 5.75 Å². The maximum Gasteiger partial charge on any atom is 0.262 e. The Bertz CT molecular complexity index is 1180. The predicted octanol–water partition coefficient (Wildman–Crippen LogP) is 3.71. The van der Waals surface area contributed by atoms with Gasteiger partial charge in [-0.05, 0) is 48.2 Å². The third-order valence-corrected chi connectivity index (χ3v) is 6.48. The number of amides is 2. The molecule has 3 N–H and O–H groups in total. The van der Waals surface area contributed by atoms with Crippen LogP contribution >= 0.6 is 11.3 Å². The average Bonchev–Trinajstić information content (AvgIpc) is 3.32. The molecule has 0 atom stereocenters. The lowest BCUT2D eigenvalue weighted by molar-refractivity contribution is -0.116. The molecule has 0 spiro atoms. The fourth-order valence-corrected chi connectivity index (χ4v) is 4.60. The number of ether oxygens (including phenoxy) is 1. The average molecular weight is 474 g/mol. The Balaban J connectivity index is 1.54. The van der Waals surface area contributed by atoms with Crippen LogP contribution in [0.25, 0.3) is 0 Å². The highest BCUT2D eigenvalue weighted by Gasteiger charge is 2.17. The van der Waals surface area contributed by atoms with Crippen molar-refractivity contribution in [1.82, 2.24) is 5.32 Å². The molecule has 3 aromatic rings. The second-order valence-corrected chi connectivity index (χ2v) is 9.22. The fourth-order valence-electron chi connectivity index (χ4n) is 2.84. The summed E-state index contributed by atoms with van der Waals surface area (Å²) in [4.78, 5) is 24.1. The van der Waals surface area contributed by atoms with E-state index in [4.69, 9.17) is 4.74 Å². The van der Waals surface area contributed by atoms with Crippen LogP contribution in [-0.4, -0.2) is 33.9 Å². The molecule has 0 saturated carbocycles. The quantitative estimate of drug-likeness (QED) is 0.389. The highest BCUT2D eigenvalue weighted by Crippen LogP contribution is 2.26. The molecule has 0 fully saturated rings. The van der Waals surface area contributed by atoms with E-state index in [9.17, 15) is 18.0 Å². The third kappa shape index (κ3) is 6.32. The molecule has 32 heavy (non-hydrogen) atoms. The number of carbonyl (C=O) groups excluding carboxylic acids is 2. The van der Waals surface area contributed by atoms with Gasteiger partial charge in [-0.1, -0.05) is 18.2 Å². The van der Waals surface area contributed by atoms with Gasteiger partial charge in [0.2, 0.25) is 5.91 Å². The molecule has 3 rings (SSSR count). The maximum atomic E-state index is 12.8. The number of hydrogen-bond acceptors (Lipinski definition) is 6. The molecule has 10 heteroatoms. The Morgan fingerprint density at radius 1 is 1.06 bits per heavy atom. The number of thiophene rings is 1. The molecule has 0 aliphatic heterocycles. The monoisotopic (exact) mass is 473 g/mol. The number of carbonyl (C=O) groups is 2. The zero-order valence-corrected chi connectivity index (χ0v) is 19.0. The normalized spacial score (nSPS) is 10.9. The first kappa shape index (κ1) is 23.3. The second kappa shape index (κ2) is 10.8. The van der Waals surface area contributed by atoms with Gasteiger partial charge in [-0.15, -0.1) is 0 Å². The molecule has 168 valence electrons. The van der Waals surface area contributed by atoms with Crippen LogP contribution in [0.3, 0.4) is 0 Å². The highest BCUT2D eigenvalue weighted by atomic mass is 32.2. The minimum atomic E-state index is -3.88. The molecule has 0 saturated heterocycles. The summed E-state index contributed by atoms with van der Waals surface area (Å²) in [7, 11) is -2.43. The largest absolute Gasteiger partial charge is 0.495 e. The van der Waals surface area contributed by atoms with E-state index in [0.717, 1.165) is 0 Å². The van der Waals surface area contributed by atoms with Crippen LogP contribution in [0.2, 0.25) is 0 Å². The first-order valence-electron chi connectivity index (χ1n) is 9.75. The van der Waals surface area contributed by atoms with Crippen molar-refractivity contribution in [1.29, 1.82) is 0 Å². The van der Waals surface area contributed by atoms with Crippen molar-refractivity contribution in [2.75, 3.05) is 23.7 Å². The molecule has 8 nitrogen and oxygen atoms in total. The topological polar surface area (TPSA) is 114 Å². The number of nitrogens with one attached hydrogen (secondary N) is 3. The lowest BCUT2D eigenvalue weighted by Gasteiger charge is -2.12. The minimum Gasteiger partial charge on any atom is -0.495 e. The standard InChI is InChI=1S/C22H23N3O5S2/c1-30-20-9-3-2-8-19(20)25-32(28,29)18-7-4-6-17(14-18)24-21(26)10-5-12-23-22(27)16-11-13-31-15-16/h2-4,6-9,11,13-15,25H,5,10,12H2,1H3,(H,23,27)(H,24,26). The third-order valence-electron chi connectivity index (χ3n) is 4.43. The smallest absolute Gasteiger partial charge is 0.262 e. The molecule has 0 unspecified atom stereocenters. The molecule has 1 heterocycles. The summed E-state index contributed by atoms with van der Waals surface area (Å²) in [6, 6.07) is 14.4. The van der Waals surface area contributed by atoms with Gasteiger partial charge in [-0.2, -0.15) is 11.3 Å². The molecule has 0 aliphatic rings. The molecule has 2 aromatic carbocycles. The summed E-state index contributed by atoms with van der Waals surface area (Å²) < 4.78 is 33.2.